The Balaban J connectivity index is 2.01. The molecule has 7 heteroatoms. The zero-order chi connectivity index (χ0) is 16.3. The number of nitrogens with one attached hydrogen (secondary N) is 1. The van der Waals surface area contributed by atoms with Crippen molar-refractivity contribution in [3.05, 3.63) is 30.1 Å². The maximum atomic E-state index is 12.9. The van der Waals surface area contributed by atoms with E-state index in [9.17, 15) is 14.0 Å². The monoisotopic (exact) mass is 326 g/mol. The SMILES string of the molecule is CC(C)(C)OC(=O)N1CSC[C@H]1C(=O)Nc1ccc(F)cc1. The molecule has 22 heavy (non-hydrogen) atoms. The Bertz CT molecular complexity index is 557. The van der Waals surface area contributed by atoms with Crippen molar-refractivity contribution < 1.29 is 18.7 Å². The fourth-order valence-corrected chi connectivity index (χ4v) is 3.06. The molecule has 1 aromatic rings. The molecule has 0 unspecified atom stereocenters. The van der Waals surface area contributed by atoms with Crippen LogP contribution in [0, 0.1) is 5.82 Å². The van der Waals surface area contributed by atoms with Crippen LogP contribution in [0.3, 0.4) is 0 Å². The Kier molecular flexibility index (Phi) is 4.95. The smallest absolute Gasteiger partial charge is 0.411 e. The van der Waals surface area contributed by atoms with E-state index < -0.39 is 17.7 Å². The molecule has 2 amide bonds. The normalized spacial score (nSPS) is 18.2. The van der Waals surface area contributed by atoms with Crippen LogP contribution in [-0.2, 0) is 9.53 Å². The number of hydrogen-bond donors (Lipinski definition) is 1. The average molecular weight is 326 g/mol. The quantitative estimate of drug-likeness (QED) is 0.907. The lowest BCUT2D eigenvalue weighted by Gasteiger charge is -2.27. The molecule has 0 aliphatic carbocycles. The van der Waals surface area contributed by atoms with Crippen molar-refractivity contribution in [3.8, 4) is 0 Å². The minimum atomic E-state index is -0.609. The van der Waals surface area contributed by atoms with Crippen LogP contribution in [0.5, 0.6) is 0 Å². The fraction of sp³-hybridized carbons (Fsp3) is 0.467. The van der Waals surface area contributed by atoms with Crippen molar-refractivity contribution in [2.24, 2.45) is 0 Å². The van der Waals surface area contributed by atoms with E-state index in [1.807, 2.05) is 0 Å². The van der Waals surface area contributed by atoms with E-state index in [2.05, 4.69) is 5.32 Å². The van der Waals surface area contributed by atoms with Crippen LogP contribution in [0.15, 0.2) is 24.3 Å². The third kappa shape index (κ3) is 4.37. The van der Waals surface area contributed by atoms with Gasteiger partial charge in [0.25, 0.3) is 0 Å². The number of carbonyl (C=O) groups excluding carboxylic acids is 2. The number of benzene rings is 1. The Morgan fingerprint density at radius 1 is 1.32 bits per heavy atom. The molecule has 0 spiro atoms. The first kappa shape index (κ1) is 16.6. The Labute approximate surface area is 133 Å². The summed E-state index contributed by atoms with van der Waals surface area (Å²) in [6.07, 6.45) is -0.503. The summed E-state index contributed by atoms with van der Waals surface area (Å²) in [5.41, 5.74) is -0.116. The number of thioether (sulfide) groups is 1. The van der Waals surface area contributed by atoms with Gasteiger partial charge in [-0.3, -0.25) is 9.69 Å². The highest BCUT2D eigenvalue weighted by molar-refractivity contribution is 7.99. The largest absolute Gasteiger partial charge is 0.444 e. The van der Waals surface area contributed by atoms with Crippen LogP contribution in [0.1, 0.15) is 20.8 Å². The summed E-state index contributed by atoms with van der Waals surface area (Å²) in [6.45, 7) is 5.34. The van der Waals surface area contributed by atoms with Crippen LogP contribution in [0.4, 0.5) is 14.9 Å². The molecule has 1 aliphatic rings. The van der Waals surface area contributed by atoms with E-state index in [4.69, 9.17) is 4.74 Å². The Hall–Kier alpha value is -1.76. The van der Waals surface area contributed by atoms with Gasteiger partial charge in [0.15, 0.2) is 0 Å². The summed E-state index contributed by atoms with van der Waals surface area (Å²) in [5, 5.41) is 2.69. The first-order valence-electron chi connectivity index (χ1n) is 6.90. The van der Waals surface area contributed by atoms with Crippen molar-refractivity contribution in [2.75, 3.05) is 16.9 Å². The van der Waals surface area contributed by atoms with Crippen molar-refractivity contribution in [3.63, 3.8) is 0 Å². The number of halogens is 1. The van der Waals surface area contributed by atoms with Gasteiger partial charge in [-0.1, -0.05) is 0 Å². The summed E-state index contributed by atoms with van der Waals surface area (Å²) in [5.74, 6) is 0.246. The molecule has 1 aromatic carbocycles. The topological polar surface area (TPSA) is 58.6 Å². The van der Waals surface area contributed by atoms with Crippen molar-refractivity contribution in [1.29, 1.82) is 0 Å². The predicted octanol–water partition coefficient (Wildman–Crippen LogP) is 3.07. The number of rotatable bonds is 2. The number of nitrogens with zero attached hydrogens (tertiary/aromatic N) is 1. The molecule has 0 saturated carbocycles. The van der Waals surface area contributed by atoms with E-state index in [0.29, 0.717) is 17.3 Å². The molecule has 1 fully saturated rings. The van der Waals surface area contributed by atoms with Gasteiger partial charge in [0, 0.05) is 11.4 Å². The highest BCUT2D eigenvalue weighted by Crippen LogP contribution is 2.24. The summed E-state index contributed by atoms with van der Waals surface area (Å²) in [6, 6.07) is 4.90. The van der Waals surface area contributed by atoms with E-state index in [1.165, 1.54) is 40.9 Å². The summed E-state index contributed by atoms with van der Waals surface area (Å²) >= 11 is 1.49. The maximum absolute atomic E-state index is 12.9. The second kappa shape index (κ2) is 6.56. The van der Waals surface area contributed by atoms with Gasteiger partial charge in [0.2, 0.25) is 5.91 Å². The highest BCUT2D eigenvalue weighted by Gasteiger charge is 2.37. The summed E-state index contributed by atoms with van der Waals surface area (Å²) < 4.78 is 18.2. The Morgan fingerprint density at radius 2 is 1.95 bits per heavy atom. The molecular formula is C15H19FN2O3S. The zero-order valence-corrected chi connectivity index (χ0v) is 13.6. The average Bonchev–Trinajstić information content (AvgIpc) is 2.89. The number of anilines is 1. The molecule has 1 atom stereocenters. The molecule has 1 saturated heterocycles. The highest BCUT2D eigenvalue weighted by atomic mass is 32.2. The van der Waals surface area contributed by atoms with Gasteiger partial charge in [-0.25, -0.2) is 9.18 Å². The van der Waals surface area contributed by atoms with Gasteiger partial charge < -0.3 is 10.1 Å². The molecule has 2 rings (SSSR count). The van der Waals surface area contributed by atoms with Gasteiger partial charge >= 0.3 is 6.09 Å². The zero-order valence-electron chi connectivity index (χ0n) is 12.8. The molecule has 1 heterocycles. The maximum Gasteiger partial charge on any atom is 0.411 e. The third-order valence-corrected chi connectivity index (χ3v) is 3.94. The van der Waals surface area contributed by atoms with E-state index >= 15 is 0 Å². The number of hydrogen-bond acceptors (Lipinski definition) is 4. The molecule has 0 bridgehead atoms. The molecule has 0 radical (unpaired) electrons. The van der Waals surface area contributed by atoms with Crippen LogP contribution < -0.4 is 5.32 Å². The third-order valence-electron chi connectivity index (χ3n) is 2.92. The second-order valence-electron chi connectivity index (χ2n) is 5.96. The lowest BCUT2D eigenvalue weighted by molar-refractivity contribution is -0.120. The van der Waals surface area contributed by atoms with E-state index in [1.54, 1.807) is 20.8 Å². The molecule has 0 aromatic heterocycles. The van der Waals surface area contributed by atoms with Crippen LogP contribution in [0.25, 0.3) is 0 Å². The van der Waals surface area contributed by atoms with Gasteiger partial charge in [0.1, 0.15) is 17.5 Å². The number of amides is 2. The van der Waals surface area contributed by atoms with Crippen molar-refractivity contribution >= 4 is 29.4 Å². The fourth-order valence-electron chi connectivity index (χ4n) is 1.92. The summed E-state index contributed by atoms with van der Waals surface area (Å²) in [7, 11) is 0. The molecule has 5 nitrogen and oxygen atoms in total. The molecule has 120 valence electrons. The van der Waals surface area contributed by atoms with E-state index in [0.717, 1.165) is 0 Å². The minimum Gasteiger partial charge on any atom is -0.444 e. The number of carbonyl (C=O) groups is 2. The van der Waals surface area contributed by atoms with E-state index in [-0.39, 0.29) is 11.7 Å². The van der Waals surface area contributed by atoms with Gasteiger partial charge in [-0.2, -0.15) is 0 Å². The first-order valence-corrected chi connectivity index (χ1v) is 8.05. The van der Waals surface area contributed by atoms with Crippen molar-refractivity contribution in [1.82, 2.24) is 4.90 Å². The minimum absolute atomic E-state index is 0.303. The lowest BCUT2D eigenvalue weighted by atomic mass is 10.2. The summed E-state index contributed by atoms with van der Waals surface area (Å²) in [4.78, 5) is 25.9. The van der Waals surface area contributed by atoms with Crippen molar-refractivity contribution in [2.45, 2.75) is 32.4 Å². The first-order chi connectivity index (χ1) is 10.3. The molecule has 1 aliphatic heterocycles. The predicted molar refractivity (Wildman–Crippen MR) is 84.2 cm³/mol. The van der Waals surface area contributed by atoms with Gasteiger partial charge in [-0.15, -0.1) is 11.8 Å². The van der Waals surface area contributed by atoms with Gasteiger partial charge in [0.05, 0.1) is 5.88 Å². The van der Waals surface area contributed by atoms with Crippen LogP contribution >= 0.6 is 11.8 Å². The second-order valence-corrected chi connectivity index (χ2v) is 6.96. The number of ether oxygens (including phenoxy) is 1. The van der Waals surface area contributed by atoms with Gasteiger partial charge in [-0.05, 0) is 45.0 Å². The van der Waals surface area contributed by atoms with Crippen LogP contribution in [-0.4, -0.2) is 40.2 Å². The molecule has 1 N–H and O–H groups in total. The van der Waals surface area contributed by atoms with Crippen LogP contribution in [0.2, 0.25) is 0 Å². The standard InChI is InChI=1S/C15H19FN2O3S/c1-15(2,3)21-14(20)18-9-22-8-12(18)13(19)17-11-6-4-10(16)5-7-11/h4-7,12H,8-9H2,1-3H3,(H,17,19)/t12-/m0/s1. The Morgan fingerprint density at radius 3 is 2.55 bits per heavy atom. The molecular weight excluding hydrogens is 307 g/mol. The lowest BCUT2D eigenvalue weighted by Crippen LogP contribution is -2.46.